The Hall–Kier alpha value is -2.89. The van der Waals surface area contributed by atoms with Crippen molar-refractivity contribution >= 4 is 28.5 Å². The highest BCUT2D eigenvalue weighted by atomic mass is 16.2. The first-order chi connectivity index (χ1) is 14.3. The normalized spacial score (nSPS) is 11.8. The summed E-state index contributed by atoms with van der Waals surface area (Å²) < 4.78 is 0. The van der Waals surface area contributed by atoms with Crippen LogP contribution in [0.2, 0.25) is 0 Å². The molecule has 0 aliphatic rings. The molecule has 3 amide bonds. The van der Waals surface area contributed by atoms with E-state index in [-0.39, 0.29) is 22.0 Å². The van der Waals surface area contributed by atoms with E-state index in [2.05, 4.69) is 35.3 Å². The number of fused-ring (bicyclic) bond motifs is 1. The summed E-state index contributed by atoms with van der Waals surface area (Å²) in [7, 11) is 0. The third kappa shape index (κ3) is 10.0. The lowest BCUT2D eigenvalue weighted by atomic mass is 9.98. The van der Waals surface area contributed by atoms with Crippen LogP contribution < -0.4 is 16.8 Å². The summed E-state index contributed by atoms with van der Waals surface area (Å²) in [5, 5.41) is 5.11. The number of hydrogen-bond acceptors (Lipinski definition) is 3. The van der Waals surface area contributed by atoms with E-state index < -0.39 is 11.9 Å². The van der Waals surface area contributed by atoms with Gasteiger partial charge in [0.05, 0.1) is 0 Å². The van der Waals surface area contributed by atoms with Crippen molar-refractivity contribution in [1.82, 2.24) is 5.32 Å². The molecule has 0 unspecified atom stereocenters. The quantitative estimate of drug-likeness (QED) is 0.585. The van der Waals surface area contributed by atoms with Crippen molar-refractivity contribution in [3.8, 4) is 0 Å². The van der Waals surface area contributed by atoms with Gasteiger partial charge in [0.2, 0.25) is 17.7 Å². The molecule has 172 valence electrons. The molecule has 0 spiro atoms. The molecule has 0 fully saturated rings. The zero-order valence-corrected chi connectivity index (χ0v) is 18.9. The Morgan fingerprint density at radius 2 is 1.57 bits per heavy atom. The number of benzene rings is 2. The van der Waals surface area contributed by atoms with Crippen LogP contribution in [0.15, 0.2) is 42.5 Å². The lowest BCUT2D eigenvalue weighted by Gasteiger charge is -2.21. The number of carbonyl (C=O) groups is 3. The molecule has 2 atom stereocenters. The summed E-state index contributed by atoms with van der Waals surface area (Å²) in [6.45, 7) is 9.61. The molecule has 0 saturated carbocycles. The van der Waals surface area contributed by atoms with Gasteiger partial charge in [-0.15, -0.1) is 0 Å². The van der Waals surface area contributed by atoms with Crippen LogP contribution in [0, 0.1) is 5.92 Å². The first kappa shape index (κ1) is 27.1. The Balaban J connectivity index is -0.000000373. The summed E-state index contributed by atoms with van der Waals surface area (Å²) in [6.07, 6.45) is 2.22. The van der Waals surface area contributed by atoms with Gasteiger partial charge < -0.3 is 16.8 Å². The van der Waals surface area contributed by atoms with Gasteiger partial charge in [-0.1, -0.05) is 83.5 Å². The van der Waals surface area contributed by atoms with Gasteiger partial charge in [-0.3, -0.25) is 14.4 Å². The Morgan fingerprint density at radius 3 is 2.07 bits per heavy atom. The van der Waals surface area contributed by atoms with Gasteiger partial charge in [-0.2, -0.15) is 0 Å². The van der Waals surface area contributed by atoms with Crippen molar-refractivity contribution in [1.29, 1.82) is 0 Å². The number of hydrogen-bond donors (Lipinski definition) is 3. The van der Waals surface area contributed by atoms with Crippen LogP contribution >= 0.6 is 0 Å². The molecule has 0 aliphatic carbocycles. The van der Waals surface area contributed by atoms with E-state index in [1.54, 1.807) is 6.92 Å². The summed E-state index contributed by atoms with van der Waals surface area (Å²) in [5.41, 5.74) is 11.1. The molecule has 0 aromatic heterocycles. The fourth-order valence-electron chi connectivity index (χ4n) is 2.63. The third-order valence-electron chi connectivity index (χ3n) is 4.64. The van der Waals surface area contributed by atoms with Gasteiger partial charge in [0.1, 0.15) is 6.04 Å². The number of amides is 3. The van der Waals surface area contributed by atoms with Gasteiger partial charge in [0.25, 0.3) is 0 Å². The van der Waals surface area contributed by atoms with Gasteiger partial charge in [-0.05, 0) is 28.7 Å². The topological polar surface area (TPSA) is 115 Å². The SMILES string of the molecule is CC.CCC(N)=O.CC[C@H](C)[C@H](NC(=O)CCc1ccc2ccccc2c1)C(N)=O.[HH].[HH].[HH]. The van der Waals surface area contributed by atoms with Gasteiger partial charge >= 0.3 is 0 Å². The van der Waals surface area contributed by atoms with E-state index in [9.17, 15) is 14.4 Å². The van der Waals surface area contributed by atoms with Crippen molar-refractivity contribution < 1.29 is 18.7 Å². The molecule has 0 heterocycles. The summed E-state index contributed by atoms with van der Waals surface area (Å²) in [6, 6.07) is 13.7. The maximum absolute atomic E-state index is 12.1. The van der Waals surface area contributed by atoms with Crippen LogP contribution in [0.5, 0.6) is 0 Å². The molecule has 2 aromatic rings. The summed E-state index contributed by atoms with van der Waals surface area (Å²) >= 11 is 0. The van der Waals surface area contributed by atoms with Crippen LogP contribution in [0.3, 0.4) is 0 Å². The summed E-state index contributed by atoms with van der Waals surface area (Å²) in [4.78, 5) is 33.2. The molecule has 2 aromatic carbocycles. The minimum atomic E-state index is -0.593. The minimum Gasteiger partial charge on any atom is -0.370 e. The van der Waals surface area contributed by atoms with E-state index in [1.165, 1.54) is 10.8 Å². The van der Waals surface area contributed by atoms with Crippen LogP contribution in [-0.2, 0) is 20.8 Å². The zero-order chi connectivity index (χ0) is 23.1. The number of primary amides is 2. The Bertz CT molecular complexity index is 820. The Morgan fingerprint density at radius 1 is 1.00 bits per heavy atom. The Labute approximate surface area is 184 Å². The second-order valence-electron chi connectivity index (χ2n) is 6.83. The fraction of sp³-hybridized carbons (Fsp3) is 0.458. The molecular weight excluding hydrogens is 378 g/mol. The second-order valence-corrected chi connectivity index (χ2v) is 6.83. The number of rotatable bonds is 8. The molecule has 0 bridgehead atoms. The predicted octanol–water partition coefficient (Wildman–Crippen LogP) is 4.43. The molecule has 0 saturated heterocycles. The van der Waals surface area contributed by atoms with Gasteiger partial charge in [0.15, 0.2) is 0 Å². The van der Waals surface area contributed by atoms with Gasteiger partial charge in [0, 0.05) is 17.1 Å². The number of carbonyl (C=O) groups excluding carboxylic acids is 3. The molecule has 6 nitrogen and oxygen atoms in total. The van der Waals surface area contributed by atoms with E-state index in [0.717, 1.165) is 12.0 Å². The van der Waals surface area contributed by atoms with Crippen molar-refractivity contribution in [3.63, 3.8) is 0 Å². The maximum Gasteiger partial charge on any atom is 0.240 e. The fourth-order valence-corrected chi connectivity index (χ4v) is 2.63. The standard InChI is InChI=1S/C19H24N2O2.C3H7NO.C2H6.3H2/c1-3-13(2)18(19(20)23)21-17(22)11-9-14-8-10-15-6-4-5-7-16(15)12-14;1-2-3(4)5;1-2;;;/h4-8,10,12-13,18H,3,9,11H2,1-2H3,(H2,20,23)(H,21,22);2H2,1H3,(H2,4,5);1-2H3;3*1H/t13-,18-;;;;;/m0...../s1. The van der Waals surface area contributed by atoms with Crippen molar-refractivity contribution in [2.24, 2.45) is 17.4 Å². The highest BCUT2D eigenvalue weighted by Gasteiger charge is 2.23. The van der Waals surface area contributed by atoms with E-state index >= 15 is 0 Å². The van der Waals surface area contributed by atoms with Crippen molar-refractivity contribution in [2.45, 2.75) is 66.3 Å². The van der Waals surface area contributed by atoms with E-state index in [4.69, 9.17) is 5.73 Å². The zero-order valence-electron chi connectivity index (χ0n) is 18.9. The highest BCUT2D eigenvalue weighted by molar-refractivity contribution is 5.87. The summed E-state index contributed by atoms with van der Waals surface area (Å²) in [5.74, 6) is -0.817. The monoisotopic (exact) mass is 421 g/mol. The average Bonchev–Trinajstić information content (AvgIpc) is 2.76. The number of nitrogens with one attached hydrogen (secondary N) is 1. The smallest absolute Gasteiger partial charge is 0.240 e. The first-order valence-corrected chi connectivity index (χ1v) is 10.6. The molecule has 5 N–H and O–H groups in total. The largest absolute Gasteiger partial charge is 0.370 e. The predicted molar refractivity (Wildman–Crippen MR) is 130 cm³/mol. The first-order valence-electron chi connectivity index (χ1n) is 10.6. The molecule has 0 aliphatic heterocycles. The van der Waals surface area contributed by atoms with Crippen LogP contribution in [0.4, 0.5) is 0 Å². The number of aryl methyl sites for hydroxylation is 1. The van der Waals surface area contributed by atoms with Crippen LogP contribution in [-0.4, -0.2) is 23.8 Å². The number of nitrogens with two attached hydrogens (primary N) is 2. The third-order valence-corrected chi connectivity index (χ3v) is 4.64. The highest BCUT2D eigenvalue weighted by Crippen LogP contribution is 2.16. The van der Waals surface area contributed by atoms with E-state index in [0.29, 0.717) is 19.3 Å². The lowest BCUT2D eigenvalue weighted by Crippen LogP contribution is -2.48. The van der Waals surface area contributed by atoms with Gasteiger partial charge in [-0.25, -0.2) is 0 Å². The van der Waals surface area contributed by atoms with Crippen LogP contribution in [0.25, 0.3) is 10.8 Å². The average molecular weight is 422 g/mol. The van der Waals surface area contributed by atoms with Crippen molar-refractivity contribution in [2.75, 3.05) is 0 Å². The molecule has 6 heteroatoms. The molecular formula is C24H43N3O3. The van der Waals surface area contributed by atoms with E-state index in [1.807, 2.05) is 45.9 Å². The van der Waals surface area contributed by atoms with Crippen molar-refractivity contribution in [3.05, 3.63) is 48.0 Å². The maximum atomic E-state index is 12.1. The minimum absolute atomic E-state index is 0. The molecule has 0 radical (unpaired) electrons. The molecule has 2 rings (SSSR count). The Kier molecular flexibility index (Phi) is 13.6. The lowest BCUT2D eigenvalue weighted by molar-refractivity contribution is -0.128. The molecule has 30 heavy (non-hydrogen) atoms. The van der Waals surface area contributed by atoms with Crippen LogP contribution in [0.1, 0.15) is 63.7 Å². The second kappa shape index (κ2) is 15.0.